The van der Waals surface area contributed by atoms with Crippen LogP contribution in [0.15, 0.2) is 35.2 Å². The van der Waals surface area contributed by atoms with Gasteiger partial charge in [0, 0.05) is 0 Å². The Balaban J connectivity index is 2.31. The number of carbonyl (C=O) groups is 1. The van der Waals surface area contributed by atoms with E-state index in [1.807, 2.05) is 0 Å². The zero-order valence-electron chi connectivity index (χ0n) is 21.2. The smallest absolute Gasteiger partial charge is 0.327 e. The van der Waals surface area contributed by atoms with Crippen molar-refractivity contribution < 1.29 is 17.9 Å². The largest absolute Gasteiger partial charge is 0.468 e. The molecule has 1 aliphatic carbocycles. The second kappa shape index (κ2) is 13.5. The Kier molecular flexibility index (Phi) is 11.4. The van der Waals surface area contributed by atoms with Crippen molar-refractivity contribution in [3.8, 4) is 0 Å². The molecular formula is C28H46O4S. The minimum Gasteiger partial charge on any atom is -0.468 e. The SMILES string of the molecule is CCCCCCC1(CCCCC)CCCCC(C(=O)OC)(S(=O)(=O)c2ccccc2)CCC1. The minimum absolute atomic E-state index is 0.225. The average Bonchev–Trinajstić information content (AvgIpc) is 2.92. The lowest BCUT2D eigenvalue weighted by molar-refractivity contribution is -0.144. The third-order valence-electron chi connectivity index (χ3n) is 7.82. The predicted molar refractivity (Wildman–Crippen MR) is 136 cm³/mol. The number of sulfone groups is 1. The summed E-state index contributed by atoms with van der Waals surface area (Å²) in [6.45, 7) is 4.49. The Labute approximate surface area is 202 Å². The maximum atomic E-state index is 13.8. The van der Waals surface area contributed by atoms with E-state index in [0.717, 1.165) is 32.1 Å². The Bertz CT molecular complexity index is 804. The number of methoxy groups -OCH3 is 1. The van der Waals surface area contributed by atoms with E-state index in [1.54, 1.807) is 30.3 Å². The van der Waals surface area contributed by atoms with Gasteiger partial charge >= 0.3 is 5.97 Å². The number of unbranched alkanes of at least 4 members (excludes halogenated alkanes) is 5. The van der Waals surface area contributed by atoms with Gasteiger partial charge in [0.2, 0.25) is 0 Å². The first kappa shape index (κ1) is 27.9. The summed E-state index contributed by atoms with van der Waals surface area (Å²) in [5.41, 5.74) is 0.283. The van der Waals surface area contributed by atoms with Gasteiger partial charge in [-0.1, -0.05) is 96.3 Å². The molecule has 1 aromatic rings. The van der Waals surface area contributed by atoms with Crippen LogP contribution < -0.4 is 0 Å². The van der Waals surface area contributed by atoms with Crippen LogP contribution in [0, 0.1) is 5.41 Å². The molecule has 4 nitrogen and oxygen atoms in total. The molecule has 2 rings (SSSR count). The predicted octanol–water partition coefficient (Wildman–Crippen LogP) is 7.65. The summed E-state index contributed by atoms with van der Waals surface area (Å²) >= 11 is 0. The molecule has 0 bridgehead atoms. The zero-order chi connectivity index (χ0) is 24.2. The van der Waals surface area contributed by atoms with Gasteiger partial charge in [-0.15, -0.1) is 0 Å². The second-order valence-electron chi connectivity index (χ2n) is 10.1. The molecule has 5 heteroatoms. The molecule has 1 aliphatic rings. The summed E-state index contributed by atoms with van der Waals surface area (Å²) in [6.07, 6.45) is 16.5. The van der Waals surface area contributed by atoms with Gasteiger partial charge in [-0.25, -0.2) is 8.42 Å². The lowest BCUT2D eigenvalue weighted by Gasteiger charge is -2.35. The Hall–Kier alpha value is -1.36. The molecule has 0 amide bonds. The van der Waals surface area contributed by atoms with Gasteiger partial charge in [-0.3, -0.25) is 4.79 Å². The van der Waals surface area contributed by atoms with Crippen molar-refractivity contribution in [2.45, 2.75) is 126 Å². The fraction of sp³-hybridized carbons (Fsp3) is 0.750. The topological polar surface area (TPSA) is 60.4 Å². The fourth-order valence-corrected chi connectivity index (χ4v) is 7.90. The van der Waals surface area contributed by atoms with Crippen LogP contribution in [0.4, 0.5) is 0 Å². The third kappa shape index (κ3) is 7.07. The molecule has 0 saturated heterocycles. The van der Waals surface area contributed by atoms with Gasteiger partial charge in [0.05, 0.1) is 12.0 Å². The average molecular weight is 479 g/mol. The van der Waals surface area contributed by atoms with Crippen molar-refractivity contribution in [2.75, 3.05) is 7.11 Å². The molecule has 1 fully saturated rings. The summed E-state index contributed by atoms with van der Waals surface area (Å²) in [7, 11) is -2.53. The molecule has 188 valence electrons. The maximum Gasteiger partial charge on any atom is 0.327 e. The van der Waals surface area contributed by atoms with Gasteiger partial charge in [0.1, 0.15) is 0 Å². The molecule has 0 radical (unpaired) electrons. The first-order valence-corrected chi connectivity index (χ1v) is 14.7. The molecular weight excluding hydrogens is 432 g/mol. The van der Waals surface area contributed by atoms with Crippen molar-refractivity contribution in [2.24, 2.45) is 5.41 Å². The standard InChI is InChI=1S/C28H46O4S/c1-4-6-8-13-20-27(19-12-7-5-2)21-14-15-23-28(24-16-22-27,26(29)32-3)33(30,31)25-17-10-9-11-18-25/h9-11,17-18H,4-8,12-16,19-24H2,1-3H3. The Morgan fingerprint density at radius 1 is 0.818 bits per heavy atom. The van der Waals surface area contributed by atoms with Gasteiger partial charge in [-0.05, 0) is 56.1 Å². The molecule has 0 spiro atoms. The number of hydrogen-bond donors (Lipinski definition) is 0. The number of carbonyl (C=O) groups excluding carboxylic acids is 1. The van der Waals surface area contributed by atoms with Crippen LogP contribution in [0.5, 0.6) is 0 Å². The van der Waals surface area contributed by atoms with E-state index in [2.05, 4.69) is 13.8 Å². The lowest BCUT2D eigenvalue weighted by Crippen LogP contribution is -2.47. The highest BCUT2D eigenvalue weighted by atomic mass is 32.2. The molecule has 0 aromatic heterocycles. The van der Waals surface area contributed by atoms with Crippen molar-refractivity contribution in [3.05, 3.63) is 30.3 Å². The van der Waals surface area contributed by atoms with Gasteiger partial charge in [-0.2, -0.15) is 0 Å². The highest BCUT2D eigenvalue weighted by Crippen LogP contribution is 2.46. The molecule has 2 atom stereocenters. The van der Waals surface area contributed by atoms with Gasteiger partial charge in [0.15, 0.2) is 14.6 Å². The van der Waals surface area contributed by atoms with E-state index >= 15 is 0 Å². The second-order valence-corrected chi connectivity index (χ2v) is 12.4. The van der Waals surface area contributed by atoms with E-state index in [4.69, 9.17) is 4.74 Å². The highest BCUT2D eigenvalue weighted by Gasteiger charge is 2.52. The summed E-state index contributed by atoms with van der Waals surface area (Å²) in [5.74, 6) is -0.590. The molecule has 1 aromatic carbocycles. The van der Waals surface area contributed by atoms with Crippen LogP contribution in [-0.4, -0.2) is 26.2 Å². The summed E-state index contributed by atoms with van der Waals surface area (Å²) in [5, 5.41) is 0. The van der Waals surface area contributed by atoms with Crippen LogP contribution >= 0.6 is 0 Å². The van der Waals surface area contributed by atoms with E-state index in [0.29, 0.717) is 12.8 Å². The normalized spacial score (nSPS) is 24.5. The van der Waals surface area contributed by atoms with Crippen molar-refractivity contribution in [3.63, 3.8) is 0 Å². The molecule has 0 heterocycles. The van der Waals surface area contributed by atoms with Crippen molar-refractivity contribution >= 4 is 15.8 Å². The highest BCUT2D eigenvalue weighted by molar-refractivity contribution is 7.93. The Morgan fingerprint density at radius 3 is 2.00 bits per heavy atom. The lowest BCUT2D eigenvalue weighted by atomic mass is 9.71. The van der Waals surface area contributed by atoms with Crippen molar-refractivity contribution in [1.82, 2.24) is 0 Å². The van der Waals surface area contributed by atoms with Gasteiger partial charge in [0.25, 0.3) is 0 Å². The molecule has 0 N–H and O–H groups in total. The first-order valence-electron chi connectivity index (χ1n) is 13.3. The first-order chi connectivity index (χ1) is 15.9. The minimum atomic E-state index is -3.85. The number of benzene rings is 1. The molecule has 2 unspecified atom stereocenters. The van der Waals surface area contributed by atoms with E-state index in [-0.39, 0.29) is 10.3 Å². The number of hydrogen-bond acceptors (Lipinski definition) is 4. The van der Waals surface area contributed by atoms with Gasteiger partial charge < -0.3 is 4.74 Å². The number of rotatable bonds is 12. The van der Waals surface area contributed by atoms with Crippen LogP contribution in [0.25, 0.3) is 0 Å². The van der Waals surface area contributed by atoms with Crippen LogP contribution in [0.3, 0.4) is 0 Å². The zero-order valence-corrected chi connectivity index (χ0v) is 22.1. The van der Waals surface area contributed by atoms with Crippen LogP contribution in [0.2, 0.25) is 0 Å². The van der Waals surface area contributed by atoms with E-state index in [9.17, 15) is 13.2 Å². The van der Waals surface area contributed by atoms with E-state index in [1.165, 1.54) is 64.9 Å². The number of esters is 1. The van der Waals surface area contributed by atoms with Crippen molar-refractivity contribution in [1.29, 1.82) is 0 Å². The molecule has 33 heavy (non-hydrogen) atoms. The third-order valence-corrected chi connectivity index (χ3v) is 10.3. The monoisotopic (exact) mass is 478 g/mol. The molecule has 1 saturated carbocycles. The Morgan fingerprint density at radius 2 is 1.36 bits per heavy atom. The summed E-state index contributed by atoms with van der Waals surface area (Å²) in [4.78, 5) is 13.3. The summed E-state index contributed by atoms with van der Waals surface area (Å²) < 4.78 is 31.3. The number of ether oxygens (including phenoxy) is 1. The van der Waals surface area contributed by atoms with E-state index < -0.39 is 20.6 Å². The maximum absolute atomic E-state index is 13.8. The molecule has 0 aliphatic heterocycles. The fourth-order valence-electron chi connectivity index (χ4n) is 5.81. The summed E-state index contributed by atoms with van der Waals surface area (Å²) in [6, 6.07) is 8.46. The van der Waals surface area contributed by atoms with Crippen LogP contribution in [0.1, 0.15) is 117 Å². The quantitative estimate of drug-likeness (QED) is 0.229. The van der Waals surface area contributed by atoms with Crippen LogP contribution in [-0.2, 0) is 19.4 Å².